The lowest BCUT2D eigenvalue weighted by atomic mass is 10.1. The van der Waals surface area contributed by atoms with Crippen molar-refractivity contribution in [3.8, 4) is 11.4 Å². The minimum Gasteiger partial charge on any atom is -0.309 e. The Hall–Kier alpha value is -2.93. The number of H-pyrrole nitrogens is 1. The third-order valence-corrected chi connectivity index (χ3v) is 5.66. The van der Waals surface area contributed by atoms with E-state index in [4.69, 9.17) is 0 Å². The van der Waals surface area contributed by atoms with Crippen LogP contribution in [0.5, 0.6) is 0 Å². The van der Waals surface area contributed by atoms with Gasteiger partial charge >= 0.3 is 0 Å². The third kappa shape index (κ3) is 3.26. The number of aromatic amines is 1. The highest BCUT2D eigenvalue weighted by atomic mass is 32.2. The first-order valence-corrected chi connectivity index (χ1v) is 9.53. The molecule has 0 saturated carbocycles. The Balaban J connectivity index is 1.65. The maximum Gasteiger partial charge on any atom is 0.258 e. The van der Waals surface area contributed by atoms with Gasteiger partial charge in [0.15, 0.2) is 11.0 Å². The predicted octanol–water partition coefficient (Wildman–Crippen LogP) is 3.88. The largest absolute Gasteiger partial charge is 0.309 e. The summed E-state index contributed by atoms with van der Waals surface area (Å²) in [7, 11) is 1.95. The maximum absolute atomic E-state index is 12.3. The molecule has 27 heavy (non-hydrogen) atoms. The van der Waals surface area contributed by atoms with Crippen LogP contribution < -0.4 is 5.56 Å². The van der Waals surface area contributed by atoms with Crippen molar-refractivity contribution in [2.24, 2.45) is 7.05 Å². The molecular formula is C20H19N5OS. The number of nitrogens with one attached hydrogen (secondary N) is 1. The molecule has 1 N–H and O–H groups in total. The number of rotatable bonds is 4. The van der Waals surface area contributed by atoms with Gasteiger partial charge in [0.05, 0.1) is 16.2 Å². The second kappa shape index (κ2) is 7.00. The number of benzene rings is 2. The molecule has 1 unspecified atom stereocenters. The van der Waals surface area contributed by atoms with Crippen LogP contribution in [0.1, 0.15) is 23.6 Å². The number of aromatic nitrogens is 5. The van der Waals surface area contributed by atoms with Crippen LogP contribution >= 0.6 is 11.8 Å². The predicted molar refractivity (Wildman–Crippen MR) is 108 cm³/mol. The van der Waals surface area contributed by atoms with E-state index in [1.165, 1.54) is 11.8 Å². The van der Waals surface area contributed by atoms with E-state index in [0.29, 0.717) is 16.7 Å². The van der Waals surface area contributed by atoms with E-state index >= 15 is 0 Å². The van der Waals surface area contributed by atoms with E-state index in [0.717, 1.165) is 22.1 Å². The van der Waals surface area contributed by atoms with Crippen LogP contribution in [0.2, 0.25) is 0 Å². The Labute approximate surface area is 160 Å². The molecule has 0 aliphatic rings. The van der Waals surface area contributed by atoms with Crippen LogP contribution in [0.3, 0.4) is 0 Å². The molecule has 4 rings (SSSR count). The number of hydrogen-bond donors (Lipinski definition) is 1. The summed E-state index contributed by atoms with van der Waals surface area (Å²) in [6.07, 6.45) is 0. The molecule has 2 heterocycles. The Kier molecular flexibility index (Phi) is 4.53. The zero-order chi connectivity index (χ0) is 19.0. The molecule has 0 aliphatic carbocycles. The highest BCUT2D eigenvalue weighted by Gasteiger charge is 2.18. The Bertz CT molecular complexity index is 1180. The molecule has 6 nitrogen and oxygen atoms in total. The van der Waals surface area contributed by atoms with Crippen LogP contribution in [0.25, 0.3) is 22.3 Å². The molecule has 7 heteroatoms. The Morgan fingerprint density at radius 1 is 1.07 bits per heavy atom. The fraction of sp³-hybridized carbons (Fsp3) is 0.200. The van der Waals surface area contributed by atoms with Crippen molar-refractivity contribution in [3.05, 3.63) is 70.3 Å². The molecule has 2 aromatic heterocycles. The Morgan fingerprint density at radius 3 is 2.63 bits per heavy atom. The first-order valence-electron chi connectivity index (χ1n) is 8.65. The molecule has 0 bridgehead atoms. The van der Waals surface area contributed by atoms with E-state index in [9.17, 15) is 4.79 Å². The maximum atomic E-state index is 12.3. The van der Waals surface area contributed by atoms with Crippen LogP contribution in [-0.4, -0.2) is 24.7 Å². The van der Waals surface area contributed by atoms with Gasteiger partial charge in [0.25, 0.3) is 5.56 Å². The van der Waals surface area contributed by atoms with Crippen LogP contribution in [0.15, 0.2) is 58.5 Å². The summed E-state index contributed by atoms with van der Waals surface area (Å²) in [4.78, 5) is 19.8. The van der Waals surface area contributed by atoms with Gasteiger partial charge in [0.2, 0.25) is 0 Å². The second-order valence-electron chi connectivity index (χ2n) is 6.41. The van der Waals surface area contributed by atoms with Gasteiger partial charge in [0.1, 0.15) is 5.82 Å². The van der Waals surface area contributed by atoms with Crippen molar-refractivity contribution < 1.29 is 0 Å². The average molecular weight is 377 g/mol. The van der Waals surface area contributed by atoms with Crippen LogP contribution in [0, 0.1) is 6.92 Å². The fourth-order valence-corrected chi connectivity index (χ4v) is 3.86. The summed E-state index contributed by atoms with van der Waals surface area (Å²) in [6.45, 7) is 4.06. The van der Waals surface area contributed by atoms with Crippen molar-refractivity contribution >= 4 is 22.7 Å². The number of fused-ring (bicyclic) bond motifs is 1. The van der Waals surface area contributed by atoms with Gasteiger partial charge < -0.3 is 9.55 Å². The summed E-state index contributed by atoms with van der Waals surface area (Å²) in [6, 6.07) is 15.5. The number of thioether (sulfide) groups is 1. The molecule has 0 aliphatic heterocycles. The van der Waals surface area contributed by atoms with Gasteiger partial charge in [-0.15, -0.1) is 10.2 Å². The summed E-state index contributed by atoms with van der Waals surface area (Å²) < 4.78 is 1.97. The van der Waals surface area contributed by atoms with Gasteiger partial charge in [0, 0.05) is 12.6 Å². The lowest BCUT2D eigenvalue weighted by Crippen LogP contribution is -2.13. The highest BCUT2D eigenvalue weighted by Crippen LogP contribution is 2.33. The minimum atomic E-state index is -0.124. The molecule has 0 fully saturated rings. The van der Waals surface area contributed by atoms with Crippen molar-refractivity contribution in [1.29, 1.82) is 0 Å². The fourth-order valence-electron chi connectivity index (χ4n) is 2.99. The third-order valence-electron chi connectivity index (χ3n) is 4.52. The number of hydrogen-bond acceptors (Lipinski definition) is 5. The SMILES string of the molecule is Cc1ccccc1-c1nnc(SC(C)c2nc3ccccc3c(=O)[nH]2)n1C. The summed E-state index contributed by atoms with van der Waals surface area (Å²) in [5.74, 6) is 1.45. The first-order chi connectivity index (χ1) is 13.0. The van der Waals surface area contributed by atoms with Gasteiger partial charge in [-0.3, -0.25) is 4.79 Å². The van der Waals surface area contributed by atoms with Crippen molar-refractivity contribution in [2.45, 2.75) is 24.3 Å². The topological polar surface area (TPSA) is 76.5 Å². The summed E-state index contributed by atoms with van der Waals surface area (Å²) in [5, 5.41) is 10.00. The molecule has 2 aromatic carbocycles. The zero-order valence-electron chi connectivity index (χ0n) is 15.3. The normalized spacial score (nSPS) is 12.4. The number of nitrogens with zero attached hydrogens (tertiary/aromatic N) is 4. The van der Waals surface area contributed by atoms with Crippen LogP contribution in [0.4, 0.5) is 0 Å². The van der Waals surface area contributed by atoms with Crippen molar-refractivity contribution in [1.82, 2.24) is 24.7 Å². The number of para-hydroxylation sites is 1. The van der Waals surface area contributed by atoms with E-state index in [-0.39, 0.29) is 10.8 Å². The summed E-state index contributed by atoms with van der Waals surface area (Å²) >= 11 is 1.52. The zero-order valence-corrected chi connectivity index (χ0v) is 16.1. The molecule has 1 atom stereocenters. The molecular weight excluding hydrogens is 358 g/mol. The van der Waals surface area contributed by atoms with E-state index in [1.54, 1.807) is 6.07 Å². The molecule has 4 aromatic rings. The van der Waals surface area contributed by atoms with E-state index < -0.39 is 0 Å². The molecule has 0 radical (unpaired) electrons. The molecule has 0 spiro atoms. The average Bonchev–Trinajstić information content (AvgIpc) is 3.02. The van der Waals surface area contributed by atoms with Crippen LogP contribution in [-0.2, 0) is 7.05 Å². The van der Waals surface area contributed by atoms with E-state index in [2.05, 4.69) is 33.2 Å². The minimum absolute atomic E-state index is 0.0741. The monoisotopic (exact) mass is 377 g/mol. The van der Waals surface area contributed by atoms with Gasteiger partial charge in [-0.1, -0.05) is 48.2 Å². The smallest absolute Gasteiger partial charge is 0.258 e. The van der Waals surface area contributed by atoms with E-state index in [1.807, 2.05) is 54.9 Å². The first kappa shape index (κ1) is 17.5. The lowest BCUT2D eigenvalue weighted by molar-refractivity contribution is 0.786. The molecule has 136 valence electrons. The number of aryl methyl sites for hydroxylation is 1. The summed E-state index contributed by atoms with van der Waals surface area (Å²) in [5.41, 5.74) is 2.78. The Morgan fingerprint density at radius 2 is 1.81 bits per heavy atom. The quantitative estimate of drug-likeness (QED) is 0.546. The van der Waals surface area contributed by atoms with Gasteiger partial charge in [-0.2, -0.15) is 0 Å². The van der Waals surface area contributed by atoms with Gasteiger partial charge in [-0.25, -0.2) is 4.98 Å². The van der Waals surface area contributed by atoms with Gasteiger partial charge in [-0.05, 0) is 31.5 Å². The highest BCUT2D eigenvalue weighted by molar-refractivity contribution is 7.99. The molecule has 0 amide bonds. The van der Waals surface area contributed by atoms with Crippen molar-refractivity contribution in [2.75, 3.05) is 0 Å². The molecule has 0 saturated heterocycles. The lowest BCUT2D eigenvalue weighted by Gasteiger charge is -2.11. The standard InChI is InChI=1S/C20H19N5OS/c1-12-8-4-5-9-14(12)18-23-24-20(25(18)3)27-13(2)17-21-16-11-7-6-10-15(16)19(26)22-17/h4-11,13H,1-3H3,(H,21,22,26). The second-order valence-corrected chi connectivity index (χ2v) is 7.72. The van der Waals surface area contributed by atoms with Crippen molar-refractivity contribution in [3.63, 3.8) is 0 Å².